The number of phenols is 1. The van der Waals surface area contributed by atoms with E-state index >= 15 is 0 Å². The maximum atomic E-state index is 14.1. The van der Waals surface area contributed by atoms with E-state index in [9.17, 15) is 14.7 Å². The molecule has 3 amide bonds. The number of carbonyl (C=O) groups is 2. The molecule has 4 heterocycles. The van der Waals surface area contributed by atoms with E-state index in [0.29, 0.717) is 39.1 Å². The molecule has 6 rings (SSSR count). The molecule has 2 N–H and O–H groups in total. The summed E-state index contributed by atoms with van der Waals surface area (Å²) < 4.78 is 10.9. The number of benzene rings is 2. The van der Waals surface area contributed by atoms with E-state index in [0.717, 1.165) is 46.6 Å². The number of hydrogen-bond donors (Lipinski definition) is 2. The summed E-state index contributed by atoms with van der Waals surface area (Å²) in [5, 5.41) is 11.3. The van der Waals surface area contributed by atoms with Gasteiger partial charge in [0.2, 0.25) is 0 Å². The van der Waals surface area contributed by atoms with Crippen LogP contribution >= 0.6 is 0 Å². The van der Waals surface area contributed by atoms with E-state index in [2.05, 4.69) is 9.88 Å². The third-order valence-corrected chi connectivity index (χ3v) is 8.20. The molecule has 9 nitrogen and oxygen atoms in total. The van der Waals surface area contributed by atoms with Crippen molar-refractivity contribution in [3.05, 3.63) is 59.3 Å². The highest BCUT2D eigenvalue weighted by atomic mass is 16.5. The van der Waals surface area contributed by atoms with Gasteiger partial charge < -0.3 is 19.6 Å². The maximum Gasteiger partial charge on any atom is 0.328 e. The molecule has 0 aliphatic carbocycles. The zero-order valence-electron chi connectivity index (χ0n) is 21.2. The van der Waals surface area contributed by atoms with Crippen LogP contribution in [0.5, 0.6) is 11.5 Å². The molecule has 0 spiro atoms. The first-order valence-electron chi connectivity index (χ1n) is 12.9. The molecule has 3 aliphatic heterocycles. The summed E-state index contributed by atoms with van der Waals surface area (Å²) in [4.78, 5) is 37.2. The Kier molecular flexibility index (Phi) is 5.84. The fourth-order valence-corrected chi connectivity index (χ4v) is 6.21. The van der Waals surface area contributed by atoms with Gasteiger partial charge in [-0.1, -0.05) is 19.1 Å². The second-order valence-electron chi connectivity index (χ2n) is 10.1. The van der Waals surface area contributed by atoms with Gasteiger partial charge in [-0.15, -0.1) is 0 Å². The van der Waals surface area contributed by atoms with E-state index < -0.39 is 11.6 Å². The molecule has 2 fully saturated rings. The standard InChI is InChI=1S/C28H32N4O5/c1-3-28-17-22-21-16-20(36-2)7-8-23(21)29-24(22)25(18-5-4-6-19(33)15-18)32(28)27(35)31(26(28)34)10-9-30-11-13-37-14-12-30/h4-8,15-16,25,29,33H,3,9-14,17H2,1-2H3. The lowest BCUT2D eigenvalue weighted by Crippen LogP contribution is -2.55. The number of nitrogens with one attached hydrogen (secondary N) is 1. The van der Waals surface area contributed by atoms with Crippen molar-refractivity contribution in [2.45, 2.75) is 31.3 Å². The predicted molar refractivity (Wildman–Crippen MR) is 138 cm³/mol. The summed E-state index contributed by atoms with van der Waals surface area (Å²) in [6.45, 7) is 5.85. The van der Waals surface area contributed by atoms with Crippen LogP contribution in [0, 0.1) is 0 Å². The second-order valence-corrected chi connectivity index (χ2v) is 10.1. The second kappa shape index (κ2) is 9.08. The fourth-order valence-electron chi connectivity index (χ4n) is 6.21. The Labute approximate surface area is 215 Å². The lowest BCUT2D eigenvalue weighted by Gasteiger charge is -2.44. The number of urea groups is 1. The van der Waals surface area contributed by atoms with Gasteiger partial charge in [-0.05, 0) is 47.9 Å². The van der Waals surface area contributed by atoms with Gasteiger partial charge in [-0.25, -0.2) is 4.79 Å². The number of fused-ring (bicyclic) bond motifs is 4. The molecule has 0 radical (unpaired) electrons. The average molecular weight is 505 g/mol. The van der Waals surface area contributed by atoms with Crippen molar-refractivity contribution < 1.29 is 24.2 Å². The predicted octanol–water partition coefficient (Wildman–Crippen LogP) is 3.27. The average Bonchev–Trinajstić information content (AvgIpc) is 3.38. The van der Waals surface area contributed by atoms with Crippen LogP contribution in [-0.2, 0) is 16.0 Å². The minimum absolute atomic E-state index is 0.117. The number of H-pyrrole nitrogens is 1. The molecule has 1 aromatic heterocycles. The number of phenolic OH excluding ortho intramolecular Hbond substituents is 1. The molecule has 2 aromatic carbocycles. The summed E-state index contributed by atoms with van der Waals surface area (Å²) in [5.41, 5.74) is 2.55. The number of ether oxygens (including phenoxy) is 2. The van der Waals surface area contributed by atoms with Crippen LogP contribution < -0.4 is 4.74 Å². The number of imide groups is 1. The highest BCUT2D eigenvalue weighted by molar-refractivity contribution is 6.08. The largest absolute Gasteiger partial charge is 0.508 e. The summed E-state index contributed by atoms with van der Waals surface area (Å²) in [5.74, 6) is 0.699. The first-order chi connectivity index (χ1) is 18.0. The van der Waals surface area contributed by atoms with Gasteiger partial charge >= 0.3 is 6.03 Å². The van der Waals surface area contributed by atoms with E-state index in [-0.39, 0.29) is 17.7 Å². The first-order valence-corrected chi connectivity index (χ1v) is 12.9. The van der Waals surface area contributed by atoms with Crippen molar-refractivity contribution in [1.82, 2.24) is 19.7 Å². The van der Waals surface area contributed by atoms with Gasteiger partial charge in [0.1, 0.15) is 23.1 Å². The van der Waals surface area contributed by atoms with Gasteiger partial charge in [0.25, 0.3) is 5.91 Å². The molecule has 37 heavy (non-hydrogen) atoms. The number of hydrogen-bond acceptors (Lipinski definition) is 6. The molecule has 0 saturated carbocycles. The lowest BCUT2D eigenvalue weighted by molar-refractivity contribution is -0.134. The maximum absolute atomic E-state index is 14.1. The summed E-state index contributed by atoms with van der Waals surface area (Å²) in [6, 6.07) is 12.0. The lowest BCUT2D eigenvalue weighted by atomic mass is 9.78. The Balaban J connectivity index is 1.47. The highest BCUT2D eigenvalue weighted by Gasteiger charge is 2.61. The SMILES string of the molecule is CCC12Cc3c([nH]c4ccc(OC)cc34)C(c3cccc(O)c3)N1C(=O)N(CCN1CCOCC1)C2=O. The zero-order valence-corrected chi connectivity index (χ0v) is 21.2. The molecular formula is C28H32N4O5. The third kappa shape index (κ3) is 3.67. The Hall–Kier alpha value is -3.56. The van der Waals surface area contributed by atoms with E-state index in [4.69, 9.17) is 9.47 Å². The molecule has 2 saturated heterocycles. The van der Waals surface area contributed by atoms with Crippen LogP contribution in [0.1, 0.15) is 36.2 Å². The number of aromatic amines is 1. The highest BCUT2D eigenvalue weighted by Crippen LogP contribution is 2.50. The molecule has 0 bridgehead atoms. The van der Waals surface area contributed by atoms with Gasteiger partial charge in [-0.3, -0.25) is 19.5 Å². The minimum atomic E-state index is -1.01. The summed E-state index contributed by atoms with van der Waals surface area (Å²) >= 11 is 0. The molecule has 2 atom stereocenters. The van der Waals surface area contributed by atoms with Crippen molar-refractivity contribution >= 4 is 22.8 Å². The monoisotopic (exact) mass is 504 g/mol. The summed E-state index contributed by atoms with van der Waals surface area (Å²) in [6.07, 6.45) is 0.900. The van der Waals surface area contributed by atoms with E-state index in [1.165, 1.54) is 4.90 Å². The molecule has 3 aliphatic rings. The quantitative estimate of drug-likeness (QED) is 0.500. The minimum Gasteiger partial charge on any atom is -0.508 e. The fraction of sp³-hybridized carbons (Fsp3) is 0.429. The van der Waals surface area contributed by atoms with Crippen molar-refractivity contribution in [1.29, 1.82) is 0 Å². The van der Waals surface area contributed by atoms with Crippen molar-refractivity contribution in [3.8, 4) is 11.5 Å². The van der Waals surface area contributed by atoms with E-state index in [1.807, 2.05) is 31.2 Å². The van der Waals surface area contributed by atoms with Gasteiger partial charge in [0.05, 0.1) is 20.3 Å². The van der Waals surface area contributed by atoms with Gasteiger partial charge in [0.15, 0.2) is 0 Å². The number of rotatable bonds is 6. The van der Waals surface area contributed by atoms with Crippen molar-refractivity contribution in [2.75, 3.05) is 46.5 Å². The van der Waals surface area contributed by atoms with Gasteiger partial charge in [-0.2, -0.15) is 0 Å². The number of aromatic nitrogens is 1. The Morgan fingerprint density at radius 1 is 1.14 bits per heavy atom. The number of methoxy groups -OCH3 is 1. The first kappa shape index (κ1) is 23.8. The van der Waals surface area contributed by atoms with Crippen LogP contribution in [-0.4, -0.2) is 88.8 Å². The van der Waals surface area contributed by atoms with Crippen LogP contribution in [0.4, 0.5) is 4.79 Å². The Morgan fingerprint density at radius 2 is 1.95 bits per heavy atom. The van der Waals surface area contributed by atoms with Crippen LogP contribution in [0.15, 0.2) is 42.5 Å². The molecule has 9 heteroatoms. The zero-order chi connectivity index (χ0) is 25.7. The third-order valence-electron chi connectivity index (χ3n) is 8.20. The molecule has 3 aromatic rings. The Morgan fingerprint density at radius 3 is 2.68 bits per heavy atom. The number of nitrogens with zero attached hydrogens (tertiary/aromatic N) is 3. The van der Waals surface area contributed by atoms with Crippen LogP contribution in [0.2, 0.25) is 0 Å². The van der Waals surface area contributed by atoms with E-state index in [1.54, 1.807) is 30.2 Å². The number of amides is 3. The summed E-state index contributed by atoms with van der Waals surface area (Å²) in [7, 11) is 1.64. The topological polar surface area (TPSA) is 98.3 Å². The van der Waals surface area contributed by atoms with Crippen LogP contribution in [0.3, 0.4) is 0 Å². The molecule has 2 unspecified atom stereocenters. The van der Waals surface area contributed by atoms with Crippen molar-refractivity contribution in [2.24, 2.45) is 0 Å². The number of morpholine rings is 1. The molecular weight excluding hydrogens is 472 g/mol. The number of aromatic hydroxyl groups is 1. The van der Waals surface area contributed by atoms with Gasteiger partial charge in [0, 0.05) is 49.2 Å². The normalized spacial score (nSPS) is 24.0. The Bertz CT molecular complexity index is 1360. The molecule has 194 valence electrons. The van der Waals surface area contributed by atoms with Crippen molar-refractivity contribution in [3.63, 3.8) is 0 Å². The van der Waals surface area contributed by atoms with Crippen LogP contribution in [0.25, 0.3) is 10.9 Å². The smallest absolute Gasteiger partial charge is 0.328 e. The number of carbonyl (C=O) groups excluding carboxylic acids is 2.